The number of benzene rings is 2. The van der Waals surface area contributed by atoms with Crippen molar-refractivity contribution < 1.29 is 44.3 Å². The Morgan fingerprint density at radius 2 is 1.80 bits per heavy atom. The molecule has 0 unspecified atom stereocenters. The Kier molecular flexibility index (Phi) is 6.78. The number of primary amides is 1. The van der Waals surface area contributed by atoms with E-state index in [1.165, 1.54) is 4.90 Å². The van der Waals surface area contributed by atoms with Crippen molar-refractivity contribution in [1.82, 2.24) is 4.90 Å². The Labute approximate surface area is 252 Å². The number of carbonyl (C=O) groups is 3. The molecule has 1 aliphatic heterocycles. The van der Waals surface area contributed by atoms with Crippen LogP contribution < -0.4 is 25.4 Å². The van der Waals surface area contributed by atoms with Crippen molar-refractivity contribution in [2.24, 2.45) is 17.6 Å². The number of nitrogens with one attached hydrogen (secondary N) is 1. The molecule has 6 rings (SSSR count). The van der Waals surface area contributed by atoms with Gasteiger partial charge in [-0.1, -0.05) is 6.07 Å². The number of aromatic hydroxyl groups is 1. The number of likely N-dealkylation sites (N-methyl/N-ethyl adjacent to an activating group) is 1. The summed E-state index contributed by atoms with van der Waals surface area (Å²) in [7, 11) is 6.79. The van der Waals surface area contributed by atoms with E-state index in [1.54, 1.807) is 40.3 Å². The summed E-state index contributed by atoms with van der Waals surface area (Å²) < 4.78 is 10.8. The average Bonchev–Trinajstić information content (AvgIpc) is 3.42. The molecule has 4 atom stereocenters. The molecule has 44 heavy (non-hydrogen) atoms. The van der Waals surface area contributed by atoms with E-state index in [0.29, 0.717) is 22.7 Å². The molecular formula is C31H34N4O9. The zero-order valence-electron chi connectivity index (χ0n) is 24.7. The highest BCUT2D eigenvalue weighted by atomic mass is 16.7. The molecule has 2 aromatic rings. The molecule has 2 aromatic carbocycles. The lowest BCUT2D eigenvalue weighted by atomic mass is 9.58. The standard InChI is InChI=1S/C31H34N4O9/c1-34(2)18-10-17(33-11-13-5-6-19-20(7-13)44-12-43-19)25(36)22-15(18)8-14-9-16-24(35(3)4)27(38)23(30(32)41)29(40)31(16,42)28(39)21(14)26(22)37/h5-7,10,14,16,24,33,36,38-39,42H,8-9,11-12H2,1-4H3,(H2,32,41)/t14-,16-,24+,31-/m0/s1. The Hall–Kier alpha value is -4.75. The van der Waals surface area contributed by atoms with Crippen LogP contribution in [0.4, 0.5) is 11.4 Å². The van der Waals surface area contributed by atoms with Crippen molar-refractivity contribution in [2.45, 2.75) is 31.0 Å². The van der Waals surface area contributed by atoms with E-state index in [-0.39, 0.29) is 48.8 Å². The van der Waals surface area contributed by atoms with Crippen molar-refractivity contribution >= 4 is 28.8 Å². The van der Waals surface area contributed by atoms with Crippen LogP contribution >= 0.6 is 0 Å². The molecule has 0 saturated carbocycles. The molecule has 0 saturated heterocycles. The lowest BCUT2D eigenvalue weighted by Gasteiger charge is -2.50. The second-order valence-corrected chi connectivity index (χ2v) is 12.0. The number of anilines is 2. The number of amides is 1. The maximum Gasteiger partial charge on any atom is 0.255 e. The molecule has 7 N–H and O–H groups in total. The summed E-state index contributed by atoms with van der Waals surface area (Å²) >= 11 is 0. The summed E-state index contributed by atoms with van der Waals surface area (Å²) in [6.07, 6.45) is 0.210. The predicted molar refractivity (Wildman–Crippen MR) is 158 cm³/mol. The number of nitrogens with two attached hydrogens (primary N) is 1. The zero-order chi connectivity index (χ0) is 31.8. The maximum absolute atomic E-state index is 14.2. The Morgan fingerprint density at radius 3 is 2.45 bits per heavy atom. The summed E-state index contributed by atoms with van der Waals surface area (Å²) in [6.45, 7) is 0.405. The number of nitrogens with zero attached hydrogens (tertiary/aromatic N) is 2. The van der Waals surface area contributed by atoms with Crippen molar-refractivity contribution in [3.05, 3.63) is 63.6 Å². The maximum atomic E-state index is 14.2. The highest BCUT2D eigenvalue weighted by Crippen LogP contribution is 2.54. The summed E-state index contributed by atoms with van der Waals surface area (Å²) in [5.41, 5.74) is 3.88. The molecule has 0 spiro atoms. The second-order valence-electron chi connectivity index (χ2n) is 12.0. The van der Waals surface area contributed by atoms with E-state index in [4.69, 9.17) is 15.2 Å². The van der Waals surface area contributed by atoms with Gasteiger partial charge in [-0.25, -0.2) is 0 Å². The fourth-order valence-corrected chi connectivity index (χ4v) is 7.08. The monoisotopic (exact) mass is 606 g/mol. The van der Waals surface area contributed by atoms with Crippen LogP contribution in [0.3, 0.4) is 0 Å². The third kappa shape index (κ3) is 4.10. The average molecular weight is 607 g/mol. The minimum atomic E-state index is -2.69. The van der Waals surface area contributed by atoms with E-state index in [0.717, 1.165) is 5.56 Å². The Bertz CT molecular complexity index is 1700. The number of fused-ring (bicyclic) bond motifs is 4. The van der Waals surface area contributed by atoms with E-state index in [2.05, 4.69) is 5.32 Å². The van der Waals surface area contributed by atoms with Crippen LogP contribution in [0.15, 0.2) is 46.9 Å². The number of phenolic OH excluding ortho intramolecular Hbond substituents is 1. The van der Waals surface area contributed by atoms with Gasteiger partial charge in [-0.05, 0) is 62.2 Å². The van der Waals surface area contributed by atoms with Gasteiger partial charge < -0.3 is 45.9 Å². The lowest BCUT2D eigenvalue weighted by Crippen LogP contribution is -2.63. The number of hydrogen-bond acceptors (Lipinski definition) is 12. The number of aliphatic hydroxyl groups excluding tert-OH is 2. The number of phenols is 1. The van der Waals surface area contributed by atoms with Gasteiger partial charge in [-0.3, -0.25) is 19.3 Å². The fourth-order valence-electron chi connectivity index (χ4n) is 7.08. The van der Waals surface area contributed by atoms with E-state index >= 15 is 0 Å². The van der Waals surface area contributed by atoms with Crippen LogP contribution in [-0.2, 0) is 22.6 Å². The van der Waals surface area contributed by atoms with Gasteiger partial charge in [0.25, 0.3) is 5.91 Å². The second kappa shape index (κ2) is 10.2. The van der Waals surface area contributed by atoms with Gasteiger partial charge in [0.15, 0.2) is 22.9 Å². The van der Waals surface area contributed by atoms with Crippen LogP contribution in [-0.4, -0.2) is 89.4 Å². The topological polar surface area (TPSA) is 195 Å². The van der Waals surface area contributed by atoms with Gasteiger partial charge in [0.2, 0.25) is 12.6 Å². The molecule has 3 aliphatic carbocycles. The molecule has 13 heteroatoms. The first-order valence-corrected chi connectivity index (χ1v) is 14.1. The molecule has 13 nitrogen and oxygen atoms in total. The minimum absolute atomic E-state index is 0.0174. The quantitative estimate of drug-likeness (QED) is 0.205. The van der Waals surface area contributed by atoms with Gasteiger partial charge in [0.1, 0.15) is 22.8 Å². The van der Waals surface area contributed by atoms with Gasteiger partial charge >= 0.3 is 0 Å². The molecule has 0 fully saturated rings. The zero-order valence-corrected chi connectivity index (χ0v) is 24.7. The van der Waals surface area contributed by atoms with Gasteiger partial charge in [0, 0.05) is 37.8 Å². The van der Waals surface area contributed by atoms with Crippen LogP contribution in [0, 0.1) is 11.8 Å². The predicted octanol–water partition coefficient (Wildman–Crippen LogP) is 1.53. The normalized spacial score (nSPS) is 25.5. The molecule has 1 amide bonds. The molecular weight excluding hydrogens is 572 g/mol. The molecule has 232 valence electrons. The van der Waals surface area contributed by atoms with Gasteiger partial charge in [-0.2, -0.15) is 0 Å². The van der Waals surface area contributed by atoms with Crippen molar-refractivity contribution in [3.63, 3.8) is 0 Å². The van der Waals surface area contributed by atoms with Crippen molar-refractivity contribution in [1.29, 1.82) is 0 Å². The number of ketones is 2. The first-order chi connectivity index (χ1) is 20.8. The summed E-state index contributed by atoms with van der Waals surface area (Å²) in [6, 6.07) is 6.12. The minimum Gasteiger partial charge on any atom is -0.510 e. The van der Waals surface area contributed by atoms with E-state index in [1.807, 2.05) is 17.0 Å². The van der Waals surface area contributed by atoms with Crippen molar-refractivity contribution in [3.8, 4) is 17.2 Å². The van der Waals surface area contributed by atoms with Crippen LogP contribution in [0.1, 0.15) is 27.9 Å². The molecule has 1 heterocycles. The smallest absolute Gasteiger partial charge is 0.255 e. The van der Waals surface area contributed by atoms with Gasteiger partial charge in [-0.15, -0.1) is 0 Å². The Morgan fingerprint density at radius 1 is 1.09 bits per heavy atom. The van der Waals surface area contributed by atoms with Crippen molar-refractivity contribution in [2.75, 3.05) is 45.2 Å². The fraction of sp³-hybridized carbons (Fsp3) is 0.387. The third-order valence-corrected chi connectivity index (χ3v) is 9.10. The number of rotatable bonds is 6. The third-order valence-electron chi connectivity index (χ3n) is 9.10. The van der Waals surface area contributed by atoms with Crippen LogP contribution in [0.25, 0.3) is 0 Å². The highest BCUT2D eigenvalue weighted by Gasteiger charge is 2.63. The molecule has 0 bridgehead atoms. The molecule has 4 aliphatic rings. The summed E-state index contributed by atoms with van der Waals surface area (Å²) in [5, 5.41) is 48.9. The molecule has 0 radical (unpaired) electrons. The first-order valence-electron chi connectivity index (χ1n) is 14.1. The SMILES string of the molecule is CN(C)c1cc(NCc2ccc3c(c2)OCO3)c(O)c2c1C[C@H]1C[C@H]3[C@@H](N(C)C)C(O)=C(C(N)=O)C(=O)[C@@]3(O)C(O)=C1C2=O. The largest absolute Gasteiger partial charge is 0.510 e. The number of aliphatic hydroxyl groups is 3. The summed E-state index contributed by atoms with van der Waals surface area (Å²) in [4.78, 5) is 43.3. The lowest BCUT2D eigenvalue weighted by molar-refractivity contribution is -0.148. The first kappa shape index (κ1) is 29.3. The van der Waals surface area contributed by atoms with Gasteiger partial charge in [0.05, 0.1) is 17.3 Å². The number of ether oxygens (including phenoxy) is 2. The molecule has 0 aromatic heterocycles. The van der Waals surface area contributed by atoms with Crippen LogP contribution in [0.2, 0.25) is 0 Å². The number of carbonyl (C=O) groups excluding carboxylic acids is 3. The van der Waals surface area contributed by atoms with E-state index < -0.39 is 58.0 Å². The number of allylic oxidation sites excluding steroid dienone is 1. The summed E-state index contributed by atoms with van der Waals surface area (Å²) in [5.74, 6) is -5.66. The Balaban J connectivity index is 1.44. The van der Waals surface area contributed by atoms with E-state index in [9.17, 15) is 34.8 Å². The number of hydrogen-bond donors (Lipinski definition) is 6. The number of Topliss-reactive ketones (excluding diaryl/α,β-unsaturated/α-hetero) is 2. The highest BCUT2D eigenvalue weighted by molar-refractivity contribution is 6.25. The van der Waals surface area contributed by atoms with Crippen LogP contribution in [0.5, 0.6) is 17.2 Å².